The van der Waals surface area contributed by atoms with E-state index >= 15 is 0 Å². The molecule has 1 aromatic rings. The first-order chi connectivity index (χ1) is 9.51. The molecular weight excluding hydrogens is 263 g/mol. The molecule has 1 rings (SSSR count). The highest BCUT2D eigenvalue weighted by atomic mass is 19.1. The molecule has 6 heteroatoms. The summed E-state index contributed by atoms with van der Waals surface area (Å²) in [6.45, 7) is 1.94. The highest BCUT2D eigenvalue weighted by molar-refractivity contribution is 5.74. The van der Waals surface area contributed by atoms with Crippen LogP contribution < -0.4 is 5.32 Å². The van der Waals surface area contributed by atoms with Crippen LogP contribution in [0.2, 0.25) is 0 Å². The lowest BCUT2D eigenvalue weighted by Crippen LogP contribution is -2.48. The Morgan fingerprint density at radius 1 is 1.35 bits per heavy atom. The molecule has 0 saturated carbocycles. The maximum absolute atomic E-state index is 13.4. The Bertz CT molecular complexity index is 438. The lowest BCUT2D eigenvalue weighted by molar-refractivity contribution is -0.133. The lowest BCUT2D eigenvalue weighted by Gasteiger charge is -2.30. The molecule has 0 aliphatic carbocycles. The molecule has 0 fully saturated rings. The number of likely N-dealkylation sites (N-methyl/N-ethyl adjacent to an activating group) is 1. The van der Waals surface area contributed by atoms with Crippen molar-refractivity contribution in [1.82, 2.24) is 10.2 Å². The molecule has 5 nitrogen and oxygen atoms in total. The summed E-state index contributed by atoms with van der Waals surface area (Å²) in [6.07, 6.45) is -0.515. The van der Waals surface area contributed by atoms with E-state index in [-0.39, 0.29) is 24.4 Å². The Hall–Kier alpha value is -1.66. The van der Waals surface area contributed by atoms with E-state index in [0.717, 1.165) is 0 Å². The lowest BCUT2D eigenvalue weighted by atomic mass is 10.2. The molecule has 0 radical (unpaired) electrons. The van der Waals surface area contributed by atoms with Gasteiger partial charge in [-0.05, 0) is 13.0 Å². The zero-order valence-corrected chi connectivity index (χ0v) is 12.2. The number of amides is 2. The van der Waals surface area contributed by atoms with Gasteiger partial charge in [-0.15, -0.1) is 0 Å². The zero-order chi connectivity index (χ0) is 15.1. The van der Waals surface area contributed by atoms with Gasteiger partial charge in [0.2, 0.25) is 0 Å². The highest BCUT2D eigenvalue weighted by Crippen LogP contribution is 2.08. The van der Waals surface area contributed by atoms with Crippen LogP contribution in [-0.4, -0.2) is 44.5 Å². The molecule has 0 aromatic heterocycles. The van der Waals surface area contributed by atoms with Crippen molar-refractivity contribution < 1.29 is 18.7 Å². The number of rotatable bonds is 6. The quantitative estimate of drug-likeness (QED) is 0.813. The second-order valence-electron chi connectivity index (χ2n) is 4.44. The predicted octanol–water partition coefficient (Wildman–Crippen LogP) is 1.97. The van der Waals surface area contributed by atoms with Gasteiger partial charge in [-0.1, -0.05) is 18.2 Å². The molecule has 1 N–H and O–H groups in total. The smallest absolute Gasteiger partial charge is 0.317 e. The highest BCUT2D eigenvalue weighted by Gasteiger charge is 2.24. The van der Waals surface area contributed by atoms with Crippen LogP contribution in [0.15, 0.2) is 24.3 Å². The van der Waals surface area contributed by atoms with Crippen molar-refractivity contribution in [2.24, 2.45) is 0 Å². The van der Waals surface area contributed by atoms with Gasteiger partial charge in [0.15, 0.2) is 6.29 Å². The topological polar surface area (TPSA) is 50.8 Å². The molecule has 0 heterocycles. The molecule has 0 bridgehead atoms. The number of halogens is 1. The number of hydrogen-bond donors (Lipinski definition) is 1. The summed E-state index contributed by atoms with van der Waals surface area (Å²) >= 11 is 0. The van der Waals surface area contributed by atoms with Gasteiger partial charge in [0.05, 0.1) is 6.04 Å². The number of benzene rings is 1. The van der Waals surface area contributed by atoms with Crippen molar-refractivity contribution in [3.63, 3.8) is 0 Å². The van der Waals surface area contributed by atoms with Gasteiger partial charge in [-0.25, -0.2) is 9.18 Å². The van der Waals surface area contributed by atoms with Crippen molar-refractivity contribution in [2.45, 2.75) is 25.8 Å². The first kappa shape index (κ1) is 16.4. The van der Waals surface area contributed by atoms with Crippen LogP contribution in [0.1, 0.15) is 12.5 Å². The molecule has 1 aromatic carbocycles. The Balaban J connectivity index is 2.56. The molecule has 2 amide bonds. The average Bonchev–Trinajstić information content (AvgIpc) is 2.46. The first-order valence-corrected chi connectivity index (χ1v) is 6.31. The maximum Gasteiger partial charge on any atom is 0.317 e. The van der Waals surface area contributed by atoms with Gasteiger partial charge < -0.3 is 19.7 Å². The fraction of sp³-hybridized carbons (Fsp3) is 0.500. The van der Waals surface area contributed by atoms with E-state index in [9.17, 15) is 9.18 Å². The van der Waals surface area contributed by atoms with Crippen LogP contribution in [-0.2, 0) is 16.0 Å². The minimum Gasteiger partial charge on any atom is -0.354 e. The summed E-state index contributed by atoms with van der Waals surface area (Å²) in [5.74, 6) is -0.338. The molecular formula is C14H21FN2O3. The molecule has 0 aliphatic rings. The number of ether oxygens (including phenoxy) is 2. The van der Waals surface area contributed by atoms with E-state index in [2.05, 4.69) is 5.32 Å². The van der Waals surface area contributed by atoms with E-state index < -0.39 is 6.29 Å². The Morgan fingerprint density at radius 3 is 2.50 bits per heavy atom. The van der Waals surface area contributed by atoms with Crippen molar-refractivity contribution in [2.75, 3.05) is 21.3 Å². The van der Waals surface area contributed by atoms with Crippen LogP contribution >= 0.6 is 0 Å². The minimum absolute atomic E-state index is 0.132. The largest absolute Gasteiger partial charge is 0.354 e. The summed E-state index contributed by atoms with van der Waals surface area (Å²) in [7, 11) is 4.65. The minimum atomic E-state index is -0.515. The second-order valence-corrected chi connectivity index (χ2v) is 4.44. The first-order valence-electron chi connectivity index (χ1n) is 6.31. The molecule has 1 atom stereocenters. The normalized spacial score (nSPS) is 12.3. The van der Waals surface area contributed by atoms with Gasteiger partial charge in [0.25, 0.3) is 0 Å². The number of urea groups is 1. The predicted molar refractivity (Wildman–Crippen MR) is 73.7 cm³/mol. The van der Waals surface area contributed by atoms with Gasteiger partial charge >= 0.3 is 6.03 Å². The molecule has 0 aliphatic heterocycles. The average molecular weight is 284 g/mol. The summed E-state index contributed by atoms with van der Waals surface area (Å²) in [6, 6.07) is 5.73. The third-order valence-corrected chi connectivity index (χ3v) is 3.18. The number of carbonyl (C=O) groups excluding carboxylic acids is 1. The Morgan fingerprint density at radius 2 is 1.95 bits per heavy atom. The third-order valence-electron chi connectivity index (χ3n) is 3.18. The SMILES string of the molecule is COC(OC)C(C)N(C)C(=O)NCc1ccccc1F. The van der Waals surface area contributed by atoms with E-state index in [0.29, 0.717) is 5.56 Å². The number of nitrogens with one attached hydrogen (secondary N) is 1. The van der Waals surface area contributed by atoms with Crippen molar-refractivity contribution in [3.05, 3.63) is 35.6 Å². The number of nitrogens with zero attached hydrogens (tertiary/aromatic N) is 1. The molecule has 112 valence electrons. The summed E-state index contributed by atoms with van der Waals surface area (Å²) in [5, 5.41) is 2.66. The second kappa shape index (κ2) is 7.81. The number of methoxy groups -OCH3 is 2. The van der Waals surface area contributed by atoms with E-state index in [1.165, 1.54) is 25.2 Å². The fourth-order valence-electron chi connectivity index (χ4n) is 1.79. The van der Waals surface area contributed by atoms with E-state index in [1.807, 2.05) is 0 Å². The van der Waals surface area contributed by atoms with Crippen molar-refractivity contribution in [1.29, 1.82) is 0 Å². The van der Waals surface area contributed by atoms with Gasteiger partial charge in [-0.3, -0.25) is 0 Å². The van der Waals surface area contributed by atoms with Crippen LogP contribution in [0, 0.1) is 5.82 Å². The van der Waals surface area contributed by atoms with Crippen LogP contribution in [0.3, 0.4) is 0 Å². The zero-order valence-electron chi connectivity index (χ0n) is 12.2. The molecule has 1 unspecified atom stereocenters. The molecule has 20 heavy (non-hydrogen) atoms. The van der Waals surface area contributed by atoms with E-state index in [1.54, 1.807) is 32.2 Å². The van der Waals surface area contributed by atoms with Gasteiger partial charge in [-0.2, -0.15) is 0 Å². The van der Waals surface area contributed by atoms with Gasteiger partial charge in [0.1, 0.15) is 5.82 Å². The van der Waals surface area contributed by atoms with Crippen molar-refractivity contribution in [3.8, 4) is 0 Å². The monoisotopic (exact) mass is 284 g/mol. The maximum atomic E-state index is 13.4. The van der Waals surface area contributed by atoms with E-state index in [4.69, 9.17) is 9.47 Å². The van der Waals surface area contributed by atoms with Crippen LogP contribution in [0.5, 0.6) is 0 Å². The van der Waals surface area contributed by atoms with Crippen molar-refractivity contribution >= 4 is 6.03 Å². The summed E-state index contributed by atoms with van der Waals surface area (Å²) in [4.78, 5) is 13.4. The molecule has 0 saturated heterocycles. The van der Waals surface area contributed by atoms with Gasteiger partial charge in [0, 0.05) is 33.4 Å². The number of hydrogen-bond acceptors (Lipinski definition) is 3. The van der Waals surface area contributed by atoms with Crippen LogP contribution in [0.25, 0.3) is 0 Å². The third kappa shape index (κ3) is 4.18. The Kier molecular flexibility index (Phi) is 6.41. The summed E-state index contributed by atoms with van der Waals surface area (Å²) in [5.41, 5.74) is 0.442. The molecule has 0 spiro atoms. The Labute approximate surface area is 118 Å². The number of carbonyl (C=O) groups is 1. The fourth-order valence-corrected chi connectivity index (χ4v) is 1.79. The summed E-state index contributed by atoms with van der Waals surface area (Å²) < 4.78 is 23.7. The van der Waals surface area contributed by atoms with Crippen LogP contribution in [0.4, 0.5) is 9.18 Å². The standard InChI is InChI=1S/C14H21FN2O3/c1-10(13(19-3)20-4)17(2)14(18)16-9-11-7-5-6-8-12(11)15/h5-8,10,13H,9H2,1-4H3,(H,16,18).